The van der Waals surface area contributed by atoms with Gasteiger partial charge in [0.1, 0.15) is 5.75 Å². The van der Waals surface area contributed by atoms with E-state index in [0.29, 0.717) is 30.3 Å². The van der Waals surface area contributed by atoms with Crippen LogP contribution in [0.3, 0.4) is 0 Å². The van der Waals surface area contributed by atoms with E-state index >= 15 is 0 Å². The smallest absolute Gasteiger partial charge is 0.223 e. The van der Waals surface area contributed by atoms with E-state index in [1.807, 2.05) is 12.1 Å². The molecule has 1 heterocycles. The second-order valence-electron chi connectivity index (χ2n) is 7.02. The first-order valence-corrected chi connectivity index (χ1v) is 8.28. The Balaban J connectivity index is 1.31. The van der Waals surface area contributed by atoms with Crippen molar-refractivity contribution in [2.24, 2.45) is 23.7 Å². The number of nitrogens with one attached hydrogen (secondary N) is 1. The maximum Gasteiger partial charge on any atom is 0.223 e. The topological polar surface area (TPSA) is 38.3 Å². The standard InChI is InChI=1S/C18H23NO2/c20-18(16-9-12-5-6-14(16)7-12)19-10-13-8-15-3-1-2-4-17(15)21-11-13/h1-4,12-14,16H,5-11H2,(H,19,20). The van der Waals surface area contributed by atoms with Gasteiger partial charge in [0.05, 0.1) is 6.61 Å². The molecule has 4 unspecified atom stereocenters. The lowest BCUT2D eigenvalue weighted by molar-refractivity contribution is -0.126. The summed E-state index contributed by atoms with van der Waals surface area (Å²) in [6.45, 7) is 1.47. The molecule has 1 aromatic carbocycles. The number of hydrogen-bond acceptors (Lipinski definition) is 2. The highest BCUT2D eigenvalue weighted by atomic mass is 16.5. The minimum Gasteiger partial charge on any atom is -0.493 e. The van der Waals surface area contributed by atoms with Crippen LogP contribution in [0, 0.1) is 23.7 Å². The Hall–Kier alpha value is -1.51. The SMILES string of the molecule is O=C(NCC1COc2ccccc2C1)C1CC2CCC1C2. The van der Waals surface area contributed by atoms with Gasteiger partial charge in [-0.1, -0.05) is 24.6 Å². The molecule has 4 rings (SSSR count). The summed E-state index contributed by atoms with van der Waals surface area (Å²) in [6, 6.07) is 8.22. The molecule has 3 aliphatic rings. The number of hydrogen-bond donors (Lipinski definition) is 1. The molecule has 1 aromatic rings. The second-order valence-corrected chi connectivity index (χ2v) is 7.02. The first-order valence-electron chi connectivity index (χ1n) is 8.28. The number of amides is 1. The van der Waals surface area contributed by atoms with Gasteiger partial charge in [-0.25, -0.2) is 0 Å². The van der Waals surface area contributed by atoms with E-state index in [1.165, 1.54) is 24.8 Å². The molecule has 2 aliphatic carbocycles. The number of rotatable bonds is 3. The summed E-state index contributed by atoms with van der Waals surface area (Å²) in [5.74, 6) is 3.49. The molecule has 0 aromatic heterocycles. The summed E-state index contributed by atoms with van der Waals surface area (Å²) in [7, 11) is 0. The summed E-state index contributed by atoms with van der Waals surface area (Å²) in [5.41, 5.74) is 1.27. The average molecular weight is 285 g/mol. The van der Waals surface area contributed by atoms with Crippen molar-refractivity contribution in [3.63, 3.8) is 0 Å². The third kappa shape index (κ3) is 2.54. The third-order valence-electron chi connectivity index (χ3n) is 5.60. The lowest BCUT2D eigenvalue weighted by Gasteiger charge is -2.27. The van der Waals surface area contributed by atoms with Gasteiger partial charge in [-0.05, 0) is 49.1 Å². The lowest BCUT2D eigenvalue weighted by Crippen LogP contribution is -2.39. The fraction of sp³-hybridized carbons (Fsp3) is 0.611. The number of para-hydroxylation sites is 1. The van der Waals surface area contributed by atoms with E-state index in [2.05, 4.69) is 17.4 Å². The zero-order valence-corrected chi connectivity index (χ0v) is 12.4. The maximum absolute atomic E-state index is 12.4. The summed E-state index contributed by atoms with van der Waals surface area (Å²) < 4.78 is 5.79. The third-order valence-corrected chi connectivity index (χ3v) is 5.60. The monoisotopic (exact) mass is 285 g/mol. The molecule has 3 heteroatoms. The molecule has 4 atom stereocenters. The first-order chi connectivity index (χ1) is 10.3. The van der Waals surface area contributed by atoms with Gasteiger partial charge in [-0.3, -0.25) is 4.79 Å². The van der Waals surface area contributed by atoms with Crippen LogP contribution < -0.4 is 10.1 Å². The Morgan fingerprint density at radius 3 is 2.95 bits per heavy atom. The van der Waals surface area contributed by atoms with Crippen molar-refractivity contribution in [3.05, 3.63) is 29.8 Å². The Kier molecular flexibility index (Phi) is 3.36. The van der Waals surface area contributed by atoms with E-state index in [9.17, 15) is 4.79 Å². The molecule has 2 saturated carbocycles. The molecule has 2 bridgehead atoms. The maximum atomic E-state index is 12.4. The fourth-order valence-corrected chi connectivity index (χ4v) is 4.46. The highest BCUT2D eigenvalue weighted by Crippen LogP contribution is 2.48. The van der Waals surface area contributed by atoms with E-state index in [0.717, 1.165) is 31.1 Å². The van der Waals surface area contributed by atoms with Crippen molar-refractivity contribution in [2.75, 3.05) is 13.2 Å². The van der Waals surface area contributed by atoms with Crippen molar-refractivity contribution in [3.8, 4) is 5.75 Å². The molecule has 3 nitrogen and oxygen atoms in total. The van der Waals surface area contributed by atoms with Crippen LogP contribution in [-0.2, 0) is 11.2 Å². The van der Waals surface area contributed by atoms with Crippen molar-refractivity contribution in [1.29, 1.82) is 0 Å². The summed E-state index contributed by atoms with van der Waals surface area (Å²) in [5, 5.41) is 3.19. The molecule has 0 radical (unpaired) electrons. The highest BCUT2D eigenvalue weighted by Gasteiger charge is 2.43. The summed E-state index contributed by atoms with van der Waals surface area (Å²) >= 11 is 0. The van der Waals surface area contributed by atoms with Gasteiger partial charge in [0.25, 0.3) is 0 Å². The molecule has 112 valence electrons. The Morgan fingerprint density at radius 1 is 1.24 bits per heavy atom. The van der Waals surface area contributed by atoms with Gasteiger partial charge < -0.3 is 10.1 Å². The van der Waals surface area contributed by atoms with Gasteiger partial charge >= 0.3 is 0 Å². The molecular formula is C18H23NO2. The van der Waals surface area contributed by atoms with Crippen LogP contribution >= 0.6 is 0 Å². The van der Waals surface area contributed by atoms with E-state index in [1.54, 1.807) is 0 Å². The summed E-state index contributed by atoms with van der Waals surface area (Å²) in [6.07, 6.45) is 6.04. The molecule has 1 N–H and O–H groups in total. The Bertz CT molecular complexity index is 542. The van der Waals surface area contributed by atoms with Gasteiger partial charge in [0, 0.05) is 18.4 Å². The second kappa shape index (κ2) is 5.36. The van der Waals surface area contributed by atoms with Gasteiger partial charge in [0.2, 0.25) is 5.91 Å². The number of benzene rings is 1. The number of ether oxygens (including phenoxy) is 1. The summed E-state index contributed by atoms with van der Waals surface area (Å²) in [4.78, 5) is 12.4. The molecule has 21 heavy (non-hydrogen) atoms. The minimum absolute atomic E-state index is 0.292. The van der Waals surface area contributed by atoms with Crippen molar-refractivity contribution in [1.82, 2.24) is 5.32 Å². The van der Waals surface area contributed by atoms with E-state index in [-0.39, 0.29) is 0 Å². The Labute approximate surface area is 126 Å². The predicted molar refractivity (Wildman–Crippen MR) is 81.1 cm³/mol. The minimum atomic E-state index is 0.292. The lowest BCUT2D eigenvalue weighted by atomic mass is 9.88. The zero-order valence-electron chi connectivity index (χ0n) is 12.4. The van der Waals surface area contributed by atoms with E-state index < -0.39 is 0 Å². The molecular weight excluding hydrogens is 262 g/mol. The highest BCUT2D eigenvalue weighted by molar-refractivity contribution is 5.79. The van der Waals surface area contributed by atoms with E-state index in [4.69, 9.17) is 4.74 Å². The fourth-order valence-electron chi connectivity index (χ4n) is 4.46. The van der Waals surface area contributed by atoms with Crippen LogP contribution in [-0.4, -0.2) is 19.1 Å². The zero-order chi connectivity index (χ0) is 14.2. The van der Waals surface area contributed by atoms with Crippen LogP contribution in [0.25, 0.3) is 0 Å². The molecule has 0 spiro atoms. The predicted octanol–water partition coefficient (Wildman–Crippen LogP) is 2.79. The van der Waals surface area contributed by atoms with Crippen LogP contribution in [0.2, 0.25) is 0 Å². The first kappa shape index (κ1) is 13.2. The van der Waals surface area contributed by atoms with Gasteiger partial charge in [-0.2, -0.15) is 0 Å². The van der Waals surface area contributed by atoms with Crippen LogP contribution in [0.15, 0.2) is 24.3 Å². The molecule has 1 amide bonds. The Morgan fingerprint density at radius 2 is 2.14 bits per heavy atom. The van der Waals surface area contributed by atoms with Gasteiger partial charge in [-0.15, -0.1) is 0 Å². The molecule has 0 saturated heterocycles. The number of carbonyl (C=O) groups excluding carboxylic acids is 1. The molecule has 2 fully saturated rings. The quantitative estimate of drug-likeness (QED) is 0.927. The molecule has 1 aliphatic heterocycles. The largest absolute Gasteiger partial charge is 0.493 e. The van der Waals surface area contributed by atoms with Crippen molar-refractivity contribution >= 4 is 5.91 Å². The van der Waals surface area contributed by atoms with Gasteiger partial charge in [0.15, 0.2) is 0 Å². The van der Waals surface area contributed by atoms with Crippen molar-refractivity contribution in [2.45, 2.75) is 32.1 Å². The van der Waals surface area contributed by atoms with Crippen LogP contribution in [0.1, 0.15) is 31.2 Å². The average Bonchev–Trinajstić information content (AvgIpc) is 3.15. The van der Waals surface area contributed by atoms with Crippen LogP contribution in [0.5, 0.6) is 5.75 Å². The number of carbonyl (C=O) groups is 1. The van der Waals surface area contributed by atoms with Crippen LogP contribution in [0.4, 0.5) is 0 Å². The van der Waals surface area contributed by atoms with Crippen molar-refractivity contribution < 1.29 is 9.53 Å². The normalized spacial score (nSPS) is 33.3. The number of fused-ring (bicyclic) bond motifs is 3.